The number of nitrogens with zero attached hydrogens (tertiary/aromatic N) is 3. The average Bonchev–Trinajstić information content (AvgIpc) is 3.07. The molecule has 5 nitrogen and oxygen atoms in total. The summed E-state index contributed by atoms with van der Waals surface area (Å²) in [5, 5.41) is 7.56. The number of halogens is 1. The van der Waals surface area contributed by atoms with Gasteiger partial charge in [-0.2, -0.15) is 5.10 Å². The molecular weight excluding hydrogens is 300 g/mol. The van der Waals surface area contributed by atoms with E-state index in [-0.39, 0.29) is 5.91 Å². The van der Waals surface area contributed by atoms with Gasteiger partial charge in [-0.15, -0.1) is 0 Å². The number of benzene rings is 2. The Labute approximate surface area is 132 Å². The van der Waals surface area contributed by atoms with Crippen LogP contribution in [0.2, 0.25) is 5.02 Å². The third-order valence-electron chi connectivity index (χ3n) is 3.15. The Morgan fingerprint density at radius 3 is 2.68 bits per heavy atom. The molecule has 0 aliphatic carbocycles. The molecule has 0 atom stereocenters. The molecule has 0 bridgehead atoms. The first-order chi connectivity index (χ1) is 10.7. The molecule has 1 amide bonds. The smallest absolute Gasteiger partial charge is 0.251 e. The van der Waals surface area contributed by atoms with Crippen LogP contribution in [0.25, 0.3) is 5.69 Å². The number of nitrogens with one attached hydrogen (secondary N) is 1. The van der Waals surface area contributed by atoms with Crippen LogP contribution in [0, 0.1) is 0 Å². The van der Waals surface area contributed by atoms with Crippen molar-refractivity contribution in [1.82, 2.24) is 20.1 Å². The molecule has 1 aromatic heterocycles. The van der Waals surface area contributed by atoms with E-state index in [1.807, 2.05) is 30.3 Å². The summed E-state index contributed by atoms with van der Waals surface area (Å²) in [7, 11) is 0. The van der Waals surface area contributed by atoms with Gasteiger partial charge in [0, 0.05) is 17.1 Å². The largest absolute Gasteiger partial charge is 0.348 e. The number of aromatic nitrogens is 3. The SMILES string of the molecule is O=C(NCc1cccc(Cl)c1)c1ccc(-n2cncn2)cc1. The van der Waals surface area contributed by atoms with Gasteiger partial charge in [-0.3, -0.25) is 4.79 Å². The van der Waals surface area contributed by atoms with Crippen molar-refractivity contribution >= 4 is 17.5 Å². The minimum Gasteiger partial charge on any atom is -0.348 e. The van der Waals surface area contributed by atoms with Gasteiger partial charge in [-0.05, 0) is 42.0 Å². The molecule has 0 saturated carbocycles. The van der Waals surface area contributed by atoms with Crippen molar-refractivity contribution < 1.29 is 4.79 Å². The first-order valence-electron chi connectivity index (χ1n) is 6.70. The number of amides is 1. The summed E-state index contributed by atoms with van der Waals surface area (Å²) in [5.74, 6) is -0.134. The van der Waals surface area contributed by atoms with E-state index in [1.165, 1.54) is 6.33 Å². The van der Waals surface area contributed by atoms with E-state index in [9.17, 15) is 4.79 Å². The monoisotopic (exact) mass is 312 g/mol. The Morgan fingerprint density at radius 1 is 1.18 bits per heavy atom. The van der Waals surface area contributed by atoms with E-state index in [0.29, 0.717) is 17.1 Å². The predicted molar refractivity (Wildman–Crippen MR) is 84.0 cm³/mol. The number of carbonyl (C=O) groups excluding carboxylic acids is 1. The van der Waals surface area contributed by atoms with Crippen molar-refractivity contribution in [3.8, 4) is 5.69 Å². The molecule has 0 unspecified atom stereocenters. The predicted octanol–water partition coefficient (Wildman–Crippen LogP) is 2.85. The van der Waals surface area contributed by atoms with Gasteiger partial charge in [0.25, 0.3) is 5.91 Å². The first-order valence-corrected chi connectivity index (χ1v) is 7.08. The molecule has 3 aromatic rings. The van der Waals surface area contributed by atoms with Crippen LogP contribution in [0.3, 0.4) is 0 Å². The van der Waals surface area contributed by atoms with Crippen molar-refractivity contribution in [3.05, 3.63) is 77.3 Å². The zero-order chi connectivity index (χ0) is 15.4. The van der Waals surface area contributed by atoms with Gasteiger partial charge in [0.1, 0.15) is 12.7 Å². The third-order valence-corrected chi connectivity index (χ3v) is 3.39. The van der Waals surface area contributed by atoms with Crippen LogP contribution in [-0.4, -0.2) is 20.7 Å². The fraction of sp³-hybridized carbons (Fsp3) is 0.0625. The zero-order valence-corrected chi connectivity index (χ0v) is 12.4. The topological polar surface area (TPSA) is 59.8 Å². The Balaban J connectivity index is 1.65. The third kappa shape index (κ3) is 3.32. The number of hydrogen-bond acceptors (Lipinski definition) is 3. The zero-order valence-electron chi connectivity index (χ0n) is 11.6. The molecule has 0 saturated heterocycles. The summed E-state index contributed by atoms with van der Waals surface area (Å²) in [6.07, 6.45) is 3.07. The molecule has 0 spiro atoms. The Morgan fingerprint density at radius 2 is 2.00 bits per heavy atom. The van der Waals surface area contributed by atoms with Crippen LogP contribution < -0.4 is 5.32 Å². The van der Waals surface area contributed by atoms with Crippen molar-refractivity contribution in [2.24, 2.45) is 0 Å². The summed E-state index contributed by atoms with van der Waals surface area (Å²) in [5.41, 5.74) is 2.40. The lowest BCUT2D eigenvalue weighted by atomic mass is 10.2. The van der Waals surface area contributed by atoms with Crippen LogP contribution in [0.15, 0.2) is 61.2 Å². The van der Waals surface area contributed by atoms with Crippen molar-refractivity contribution in [1.29, 1.82) is 0 Å². The van der Waals surface area contributed by atoms with Gasteiger partial charge >= 0.3 is 0 Å². The van der Waals surface area contributed by atoms with Gasteiger partial charge in [0.05, 0.1) is 5.69 Å². The maximum Gasteiger partial charge on any atom is 0.251 e. The number of carbonyl (C=O) groups is 1. The van der Waals surface area contributed by atoms with Crippen LogP contribution in [0.4, 0.5) is 0 Å². The Bertz CT molecular complexity index is 769. The van der Waals surface area contributed by atoms with Crippen LogP contribution in [0.1, 0.15) is 15.9 Å². The molecular formula is C16H13ClN4O. The maximum absolute atomic E-state index is 12.1. The second-order valence-electron chi connectivity index (χ2n) is 4.70. The molecule has 6 heteroatoms. The number of rotatable bonds is 4. The van der Waals surface area contributed by atoms with E-state index < -0.39 is 0 Å². The van der Waals surface area contributed by atoms with Gasteiger partial charge in [-0.1, -0.05) is 23.7 Å². The summed E-state index contributed by atoms with van der Waals surface area (Å²) in [6.45, 7) is 0.435. The van der Waals surface area contributed by atoms with Gasteiger partial charge in [0.2, 0.25) is 0 Å². The molecule has 1 heterocycles. The van der Waals surface area contributed by atoms with Crippen molar-refractivity contribution in [2.75, 3.05) is 0 Å². The van der Waals surface area contributed by atoms with E-state index in [2.05, 4.69) is 15.4 Å². The van der Waals surface area contributed by atoms with Crippen molar-refractivity contribution in [3.63, 3.8) is 0 Å². The van der Waals surface area contributed by atoms with Crippen LogP contribution in [-0.2, 0) is 6.54 Å². The molecule has 0 aliphatic rings. The highest BCUT2D eigenvalue weighted by Crippen LogP contribution is 2.11. The van der Waals surface area contributed by atoms with E-state index in [0.717, 1.165) is 11.3 Å². The Hall–Kier alpha value is -2.66. The highest BCUT2D eigenvalue weighted by Gasteiger charge is 2.06. The normalized spacial score (nSPS) is 10.4. The van der Waals surface area contributed by atoms with E-state index in [4.69, 9.17) is 11.6 Å². The van der Waals surface area contributed by atoms with Gasteiger partial charge in [-0.25, -0.2) is 9.67 Å². The summed E-state index contributed by atoms with van der Waals surface area (Å²) in [6, 6.07) is 14.6. The minimum absolute atomic E-state index is 0.134. The molecule has 110 valence electrons. The minimum atomic E-state index is -0.134. The van der Waals surface area contributed by atoms with Gasteiger partial charge < -0.3 is 5.32 Å². The summed E-state index contributed by atoms with van der Waals surface area (Å²) in [4.78, 5) is 16.0. The standard InChI is InChI=1S/C16H13ClN4O/c17-14-3-1-2-12(8-14)9-19-16(22)13-4-6-15(7-5-13)21-11-18-10-20-21/h1-8,10-11H,9H2,(H,19,22). The lowest BCUT2D eigenvalue weighted by molar-refractivity contribution is 0.0951. The quantitative estimate of drug-likeness (QED) is 0.806. The molecule has 2 aromatic carbocycles. The van der Waals surface area contributed by atoms with E-state index >= 15 is 0 Å². The molecule has 0 radical (unpaired) electrons. The van der Waals surface area contributed by atoms with Gasteiger partial charge in [0.15, 0.2) is 0 Å². The highest BCUT2D eigenvalue weighted by atomic mass is 35.5. The second kappa shape index (κ2) is 6.41. The first kappa shape index (κ1) is 14.3. The number of hydrogen-bond donors (Lipinski definition) is 1. The van der Waals surface area contributed by atoms with Crippen LogP contribution >= 0.6 is 11.6 Å². The molecule has 0 aliphatic heterocycles. The summed E-state index contributed by atoms with van der Waals surface area (Å²) >= 11 is 5.92. The second-order valence-corrected chi connectivity index (χ2v) is 5.14. The molecule has 22 heavy (non-hydrogen) atoms. The van der Waals surface area contributed by atoms with E-state index in [1.54, 1.807) is 29.2 Å². The summed E-state index contributed by atoms with van der Waals surface area (Å²) < 4.78 is 1.63. The fourth-order valence-corrected chi connectivity index (χ4v) is 2.25. The van der Waals surface area contributed by atoms with Crippen LogP contribution in [0.5, 0.6) is 0 Å². The Kier molecular flexibility index (Phi) is 4.16. The lowest BCUT2D eigenvalue weighted by Crippen LogP contribution is -2.22. The molecule has 1 N–H and O–H groups in total. The average molecular weight is 313 g/mol. The molecule has 0 fully saturated rings. The van der Waals surface area contributed by atoms with Crippen molar-refractivity contribution in [2.45, 2.75) is 6.54 Å². The fourth-order valence-electron chi connectivity index (χ4n) is 2.04. The highest BCUT2D eigenvalue weighted by molar-refractivity contribution is 6.30. The molecule has 3 rings (SSSR count). The lowest BCUT2D eigenvalue weighted by Gasteiger charge is -2.07. The maximum atomic E-state index is 12.1.